The van der Waals surface area contributed by atoms with Crippen LogP contribution in [0, 0.1) is 0 Å². The minimum absolute atomic E-state index is 0.212. The van der Waals surface area contributed by atoms with Crippen molar-refractivity contribution in [2.24, 2.45) is 4.99 Å². The highest BCUT2D eigenvalue weighted by Crippen LogP contribution is 2.35. The Bertz CT molecular complexity index is 1620. The third kappa shape index (κ3) is 4.29. The van der Waals surface area contributed by atoms with Gasteiger partial charge in [-0.3, -0.25) is 9.36 Å². The molecule has 2 heterocycles. The average molecular weight is 497 g/mol. The average Bonchev–Trinajstić information content (AvgIpc) is 3.23. The highest BCUT2D eigenvalue weighted by molar-refractivity contribution is 7.07. The van der Waals surface area contributed by atoms with Crippen molar-refractivity contribution in [3.05, 3.63) is 127 Å². The standard InChI is InChI=1S/C29H24N2O4S/c1-3-35-28(33)24-25(19-12-6-4-7-13-19)30-29-31(26(24)20-14-8-5-9-15-20)27(32)23(36-29)18-21-16-10-11-17-22(21)34-2/h4-18,26H,3H2,1-2H3/b23-18+/t26-/m0/s1. The van der Waals surface area contributed by atoms with Crippen molar-refractivity contribution in [3.63, 3.8) is 0 Å². The van der Waals surface area contributed by atoms with Gasteiger partial charge in [0.25, 0.3) is 5.56 Å². The summed E-state index contributed by atoms with van der Waals surface area (Å²) in [6, 6.07) is 25.9. The highest BCUT2D eigenvalue weighted by Gasteiger charge is 2.35. The summed E-state index contributed by atoms with van der Waals surface area (Å²) in [5.41, 5.74) is 2.98. The number of hydrogen-bond acceptors (Lipinski definition) is 6. The number of benzene rings is 3. The SMILES string of the molecule is CCOC(=O)C1=C(c2ccccc2)N=c2s/c(=C/c3ccccc3OC)c(=O)n2[C@H]1c1ccccc1. The van der Waals surface area contributed by atoms with E-state index in [1.807, 2.05) is 84.9 Å². The van der Waals surface area contributed by atoms with Crippen LogP contribution < -0.4 is 19.6 Å². The number of carbonyl (C=O) groups is 1. The number of ether oxygens (including phenoxy) is 2. The molecular formula is C29H24N2O4S. The van der Waals surface area contributed by atoms with Crippen LogP contribution >= 0.6 is 11.3 Å². The molecule has 5 rings (SSSR count). The molecule has 1 aromatic heterocycles. The fourth-order valence-electron chi connectivity index (χ4n) is 4.32. The summed E-state index contributed by atoms with van der Waals surface area (Å²) in [4.78, 5) is 32.6. The maximum absolute atomic E-state index is 13.8. The van der Waals surface area contributed by atoms with Gasteiger partial charge in [-0.1, -0.05) is 90.2 Å². The van der Waals surface area contributed by atoms with Crippen molar-refractivity contribution < 1.29 is 14.3 Å². The summed E-state index contributed by atoms with van der Waals surface area (Å²) in [6.07, 6.45) is 1.81. The molecule has 180 valence electrons. The number of rotatable bonds is 6. The third-order valence-corrected chi connectivity index (χ3v) is 6.90. The summed E-state index contributed by atoms with van der Waals surface area (Å²) >= 11 is 1.29. The minimum atomic E-state index is -0.684. The first-order valence-electron chi connectivity index (χ1n) is 11.6. The Labute approximate surface area is 212 Å². The number of methoxy groups -OCH3 is 1. The zero-order valence-electron chi connectivity index (χ0n) is 19.9. The lowest BCUT2D eigenvalue weighted by atomic mass is 9.93. The predicted octanol–water partition coefficient (Wildman–Crippen LogP) is 3.94. The van der Waals surface area contributed by atoms with Gasteiger partial charge >= 0.3 is 5.97 Å². The van der Waals surface area contributed by atoms with Gasteiger partial charge in [0.1, 0.15) is 5.75 Å². The fraction of sp³-hybridized carbons (Fsp3) is 0.138. The third-order valence-electron chi connectivity index (χ3n) is 5.91. The summed E-state index contributed by atoms with van der Waals surface area (Å²) in [7, 11) is 1.60. The molecule has 1 atom stereocenters. The van der Waals surface area contributed by atoms with Crippen LogP contribution in [0.3, 0.4) is 0 Å². The first-order valence-corrected chi connectivity index (χ1v) is 12.4. The van der Waals surface area contributed by atoms with Gasteiger partial charge in [-0.2, -0.15) is 0 Å². The molecule has 4 aromatic rings. The van der Waals surface area contributed by atoms with Gasteiger partial charge in [-0.15, -0.1) is 0 Å². The number of thiazole rings is 1. The molecule has 0 amide bonds. The molecule has 0 spiro atoms. The number of hydrogen-bond donors (Lipinski definition) is 0. The smallest absolute Gasteiger partial charge is 0.338 e. The maximum Gasteiger partial charge on any atom is 0.338 e. The zero-order chi connectivity index (χ0) is 25.1. The van der Waals surface area contributed by atoms with Crippen LogP contribution in [0.25, 0.3) is 11.8 Å². The molecule has 6 nitrogen and oxygen atoms in total. The minimum Gasteiger partial charge on any atom is -0.496 e. The van der Waals surface area contributed by atoms with Gasteiger partial charge in [-0.05, 0) is 24.6 Å². The van der Waals surface area contributed by atoms with Crippen LogP contribution in [-0.4, -0.2) is 24.3 Å². The van der Waals surface area contributed by atoms with Crippen LogP contribution in [0.4, 0.5) is 0 Å². The van der Waals surface area contributed by atoms with Crippen LogP contribution in [0.15, 0.2) is 100 Å². The van der Waals surface area contributed by atoms with E-state index in [0.29, 0.717) is 26.4 Å². The monoisotopic (exact) mass is 496 g/mol. The molecule has 7 heteroatoms. The Morgan fingerprint density at radius 3 is 2.36 bits per heavy atom. The Balaban J connectivity index is 1.83. The van der Waals surface area contributed by atoms with Gasteiger partial charge in [-0.25, -0.2) is 9.79 Å². The molecule has 1 aliphatic rings. The second kappa shape index (κ2) is 10.2. The number of nitrogens with zero attached hydrogens (tertiary/aromatic N) is 2. The molecular weight excluding hydrogens is 472 g/mol. The quantitative estimate of drug-likeness (QED) is 0.379. The van der Waals surface area contributed by atoms with Gasteiger partial charge in [0, 0.05) is 11.1 Å². The molecule has 0 saturated carbocycles. The van der Waals surface area contributed by atoms with Gasteiger partial charge in [0.2, 0.25) is 0 Å². The van der Waals surface area contributed by atoms with Gasteiger partial charge < -0.3 is 9.47 Å². The molecule has 0 N–H and O–H groups in total. The first-order chi connectivity index (χ1) is 17.6. The molecule has 3 aromatic carbocycles. The van der Waals surface area contributed by atoms with Crippen molar-refractivity contribution >= 4 is 29.1 Å². The van der Waals surface area contributed by atoms with Crippen LogP contribution in [0.2, 0.25) is 0 Å². The molecule has 0 aliphatic carbocycles. The lowest BCUT2D eigenvalue weighted by Gasteiger charge is -2.25. The molecule has 0 radical (unpaired) electrons. The van der Waals surface area contributed by atoms with Crippen LogP contribution in [0.5, 0.6) is 5.75 Å². The number of fused-ring (bicyclic) bond motifs is 1. The van der Waals surface area contributed by atoms with E-state index in [-0.39, 0.29) is 12.2 Å². The van der Waals surface area contributed by atoms with Crippen molar-refractivity contribution in [2.45, 2.75) is 13.0 Å². The van der Waals surface area contributed by atoms with Crippen LogP contribution in [0.1, 0.15) is 29.7 Å². The van der Waals surface area contributed by atoms with E-state index in [1.165, 1.54) is 11.3 Å². The number of esters is 1. The molecule has 0 unspecified atom stereocenters. The first kappa shape index (κ1) is 23.5. The van der Waals surface area contributed by atoms with E-state index >= 15 is 0 Å². The summed E-state index contributed by atoms with van der Waals surface area (Å²) in [6.45, 7) is 1.98. The topological polar surface area (TPSA) is 69.9 Å². The van der Waals surface area contributed by atoms with E-state index < -0.39 is 12.0 Å². The van der Waals surface area contributed by atoms with Crippen molar-refractivity contribution in [2.75, 3.05) is 13.7 Å². The number of para-hydroxylation sites is 1. The largest absolute Gasteiger partial charge is 0.496 e. The molecule has 0 saturated heterocycles. The summed E-state index contributed by atoms with van der Waals surface area (Å²) in [5, 5.41) is 0. The summed E-state index contributed by atoms with van der Waals surface area (Å²) < 4.78 is 13.0. The van der Waals surface area contributed by atoms with E-state index in [2.05, 4.69) is 0 Å². The van der Waals surface area contributed by atoms with E-state index in [1.54, 1.807) is 24.7 Å². The maximum atomic E-state index is 13.8. The van der Waals surface area contributed by atoms with E-state index in [4.69, 9.17) is 14.5 Å². The van der Waals surface area contributed by atoms with E-state index in [0.717, 1.165) is 16.7 Å². The summed E-state index contributed by atoms with van der Waals surface area (Å²) in [5.74, 6) is 0.174. The Morgan fingerprint density at radius 2 is 1.67 bits per heavy atom. The number of carbonyl (C=O) groups excluding carboxylic acids is 1. The fourth-order valence-corrected chi connectivity index (χ4v) is 5.31. The second-order valence-electron chi connectivity index (χ2n) is 8.08. The van der Waals surface area contributed by atoms with E-state index in [9.17, 15) is 9.59 Å². The van der Waals surface area contributed by atoms with Crippen LogP contribution in [-0.2, 0) is 9.53 Å². The van der Waals surface area contributed by atoms with Crippen molar-refractivity contribution in [3.8, 4) is 5.75 Å². The van der Waals surface area contributed by atoms with Gasteiger partial charge in [0.15, 0.2) is 4.80 Å². The highest BCUT2D eigenvalue weighted by atomic mass is 32.1. The Kier molecular flexibility index (Phi) is 6.64. The number of aromatic nitrogens is 1. The molecule has 1 aliphatic heterocycles. The van der Waals surface area contributed by atoms with Gasteiger partial charge in [0.05, 0.1) is 35.6 Å². The Hall–Kier alpha value is -4.23. The van der Waals surface area contributed by atoms with Crippen molar-refractivity contribution in [1.29, 1.82) is 0 Å². The predicted molar refractivity (Wildman–Crippen MR) is 140 cm³/mol. The molecule has 0 bridgehead atoms. The zero-order valence-corrected chi connectivity index (χ0v) is 20.7. The van der Waals surface area contributed by atoms with Crippen molar-refractivity contribution in [1.82, 2.24) is 4.57 Å². The molecule has 0 fully saturated rings. The lowest BCUT2D eigenvalue weighted by molar-refractivity contribution is -0.138. The normalized spacial score (nSPS) is 15.3. The lowest BCUT2D eigenvalue weighted by Crippen LogP contribution is -2.40. The Morgan fingerprint density at radius 1 is 1.00 bits per heavy atom. The second-order valence-corrected chi connectivity index (χ2v) is 9.09. The molecule has 36 heavy (non-hydrogen) atoms.